The molecule has 3 rings (SSSR count). The second kappa shape index (κ2) is 5.42. The molecule has 1 atom stereocenters. The molecule has 0 amide bonds. The lowest BCUT2D eigenvalue weighted by atomic mass is 10.00. The van der Waals surface area contributed by atoms with Gasteiger partial charge in [-0.2, -0.15) is 5.10 Å². The summed E-state index contributed by atoms with van der Waals surface area (Å²) in [6.07, 6.45) is 2.29. The number of aliphatic hydroxyl groups is 1. The van der Waals surface area contributed by atoms with Crippen LogP contribution < -0.4 is 0 Å². The number of aliphatic hydroxyl groups excluding tert-OH is 1. The van der Waals surface area contributed by atoms with Gasteiger partial charge < -0.3 is 9.84 Å². The van der Waals surface area contributed by atoms with Gasteiger partial charge in [0.1, 0.15) is 6.61 Å². The first kappa shape index (κ1) is 14.0. The molecule has 0 aromatic carbocycles. The summed E-state index contributed by atoms with van der Waals surface area (Å²) < 4.78 is 30.1. The molecule has 2 fully saturated rings. The minimum Gasteiger partial charge on any atom is -0.388 e. The molecule has 0 aliphatic carbocycles. The van der Waals surface area contributed by atoms with Crippen molar-refractivity contribution in [3.63, 3.8) is 0 Å². The molecule has 1 aromatic rings. The molecule has 2 aliphatic heterocycles. The molecular weight excluding hydrogens is 282 g/mol. The van der Waals surface area contributed by atoms with Gasteiger partial charge in [-0.3, -0.25) is 0 Å². The van der Waals surface area contributed by atoms with Gasteiger partial charge in [-0.1, -0.05) is 0 Å². The third-order valence-corrected chi connectivity index (χ3v) is 5.75. The maximum atomic E-state index is 11.6. The van der Waals surface area contributed by atoms with Crippen LogP contribution in [0.25, 0.3) is 0 Å². The zero-order valence-corrected chi connectivity index (χ0v) is 12.0. The van der Waals surface area contributed by atoms with Crippen LogP contribution in [0, 0.1) is 0 Å². The fourth-order valence-corrected chi connectivity index (χ4v) is 4.56. The van der Waals surface area contributed by atoms with Crippen molar-refractivity contribution in [3.8, 4) is 0 Å². The Morgan fingerprint density at radius 2 is 2.05 bits per heavy atom. The number of sulfone groups is 1. The molecule has 0 unspecified atom stereocenters. The van der Waals surface area contributed by atoms with E-state index in [1.54, 1.807) is 4.68 Å². The third-order valence-electron chi connectivity index (χ3n) is 4.00. The molecular formula is C12H19N3O4S. The van der Waals surface area contributed by atoms with Crippen LogP contribution in [0.5, 0.6) is 0 Å². The van der Waals surface area contributed by atoms with Gasteiger partial charge in [-0.15, -0.1) is 0 Å². The highest BCUT2D eigenvalue weighted by Gasteiger charge is 2.32. The molecule has 2 aliphatic rings. The maximum absolute atomic E-state index is 11.6. The Labute approximate surface area is 117 Å². The van der Waals surface area contributed by atoms with Crippen molar-refractivity contribution < 1.29 is 18.3 Å². The highest BCUT2D eigenvalue weighted by Crippen LogP contribution is 2.28. The standard InChI is InChI=1S/C12H19N3O4S/c16-7-11-13-12(9-1-4-19-5-2-9)14-15(11)10-3-6-20(17,18)8-10/h9-10,16H,1-8H2/t10-/m1/s1. The van der Waals surface area contributed by atoms with Gasteiger partial charge in [0.25, 0.3) is 0 Å². The maximum Gasteiger partial charge on any atom is 0.154 e. The largest absolute Gasteiger partial charge is 0.388 e. The first-order valence-corrected chi connectivity index (χ1v) is 8.75. The predicted octanol–water partition coefficient (Wildman–Crippen LogP) is 0.0240. The number of nitrogens with zero attached hydrogens (tertiary/aromatic N) is 3. The average molecular weight is 301 g/mol. The van der Waals surface area contributed by atoms with Crippen molar-refractivity contribution in [2.75, 3.05) is 24.7 Å². The lowest BCUT2D eigenvalue weighted by molar-refractivity contribution is 0.0835. The van der Waals surface area contributed by atoms with Crippen molar-refractivity contribution in [3.05, 3.63) is 11.6 Å². The normalized spacial score (nSPS) is 26.9. The van der Waals surface area contributed by atoms with E-state index < -0.39 is 9.84 Å². The van der Waals surface area contributed by atoms with E-state index in [2.05, 4.69) is 10.1 Å². The highest BCUT2D eigenvalue weighted by atomic mass is 32.2. The lowest BCUT2D eigenvalue weighted by Gasteiger charge is -2.19. The molecule has 1 aromatic heterocycles. The Morgan fingerprint density at radius 1 is 1.30 bits per heavy atom. The van der Waals surface area contributed by atoms with E-state index in [0.717, 1.165) is 12.8 Å². The van der Waals surface area contributed by atoms with E-state index in [1.165, 1.54) is 0 Å². The first-order valence-electron chi connectivity index (χ1n) is 6.93. The van der Waals surface area contributed by atoms with E-state index in [4.69, 9.17) is 4.74 Å². The molecule has 1 N–H and O–H groups in total. The summed E-state index contributed by atoms with van der Waals surface area (Å²) in [4.78, 5) is 4.40. The number of hydrogen-bond donors (Lipinski definition) is 1. The van der Waals surface area contributed by atoms with Crippen LogP contribution in [0.1, 0.15) is 42.9 Å². The summed E-state index contributed by atoms with van der Waals surface area (Å²) in [5.74, 6) is 1.70. The van der Waals surface area contributed by atoms with Crippen molar-refractivity contribution in [2.45, 2.75) is 37.8 Å². The van der Waals surface area contributed by atoms with Gasteiger partial charge in [0.2, 0.25) is 0 Å². The minimum absolute atomic E-state index is 0.0938. The van der Waals surface area contributed by atoms with Crippen molar-refractivity contribution in [1.82, 2.24) is 14.8 Å². The van der Waals surface area contributed by atoms with Crippen LogP contribution in [-0.2, 0) is 21.2 Å². The fraction of sp³-hybridized carbons (Fsp3) is 0.833. The van der Waals surface area contributed by atoms with Crippen LogP contribution >= 0.6 is 0 Å². The molecule has 0 spiro atoms. The quantitative estimate of drug-likeness (QED) is 0.846. The lowest BCUT2D eigenvalue weighted by Crippen LogP contribution is -2.17. The molecule has 112 valence electrons. The summed E-state index contributed by atoms with van der Waals surface area (Å²) in [6.45, 7) is 1.18. The van der Waals surface area contributed by atoms with E-state index in [-0.39, 0.29) is 30.1 Å². The molecule has 0 bridgehead atoms. The highest BCUT2D eigenvalue weighted by molar-refractivity contribution is 7.91. The molecule has 0 saturated carbocycles. The summed E-state index contributed by atoms with van der Waals surface area (Å²) >= 11 is 0. The number of hydrogen-bond acceptors (Lipinski definition) is 6. The second-order valence-corrected chi connectivity index (χ2v) is 7.66. The van der Waals surface area contributed by atoms with Gasteiger partial charge in [0.15, 0.2) is 21.5 Å². The van der Waals surface area contributed by atoms with Crippen molar-refractivity contribution >= 4 is 9.84 Å². The SMILES string of the molecule is O=S1(=O)CC[C@@H](n2nc(C3CCOCC3)nc2CO)C1. The molecule has 20 heavy (non-hydrogen) atoms. The van der Waals surface area contributed by atoms with Gasteiger partial charge in [0, 0.05) is 19.1 Å². The molecule has 7 nitrogen and oxygen atoms in total. The average Bonchev–Trinajstić information content (AvgIpc) is 3.02. The van der Waals surface area contributed by atoms with Gasteiger partial charge in [-0.25, -0.2) is 18.1 Å². The van der Waals surface area contributed by atoms with Crippen LogP contribution in [-0.4, -0.2) is 53.0 Å². The monoisotopic (exact) mass is 301 g/mol. The number of aromatic nitrogens is 3. The predicted molar refractivity (Wildman–Crippen MR) is 71.0 cm³/mol. The number of ether oxygens (including phenoxy) is 1. The van der Waals surface area contributed by atoms with Gasteiger partial charge in [0.05, 0.1) is 17.5 Å². The van der Waals surface area contributed by atoms with E-state index in [1.807, 2.05) is 0 Å². The zero-order chi connectivity index (χ0) is 14.2. The Balaban J connectivity index is 1.85. The Bertz CT molecular complexity index is 578. The molecule has 3 heterocycles. The Morgan fingerprint density at radius 3 is 2.65 bits per heavy atom. The molecule has 8 heteroatoms. The minimum atomic E-state index is -2.97. The van der Waals surface area contributed by atoms with Gasteiger partial charge >= 0.3 is 0 Å². The summed E-state index contributed by atoms with van der Waals surface area (Å²) in [5.41, 5.74) is 0. The fourth-order valence-electron chi connectivity index (χ4n) is 2.87. The topological polar surface area (TPSA) is 94.3 Å². The first-order chi connectivity index (χ1) is 9.59. The van der Waals surface area contributed by atoms with E-state index >= 15 is 0 Å². The van der Waals surface area contributed by atoms with Gasteiger partial charge in [-0.05, 0) is 19.3 Å². The molecule has 0 radical (unpaired) electrons. The Hall–Kier alpha value is -0.990. The van der Waals surface area contributed by atoms with Crippen LogP contribution in [0.4, 0.5) is 0 Å². The van der Waals surface area contributed by atoms with E-state index in [9.17, 15) is 13.5 Å². The molecule has 2 saturated heterocycles. The second-order valence-electron chi connectivity index (χ2n) is 5.43. The number of rotatable bonds is 3. The summed E-state index contributed by atoms with van der Waals surface area (Å²) in [7, 11) is -2.97. The van der Waals surface area contributed by atoms with Crippen molar-refractivity contribution in [1.29, 1.82) is 0 Å². The van der Waals surface area contributed by atoms with Crippen molar-refractivity contribution in [2.24, 2.45) is 0 Å². The summed E-state index contributed by atoms with van der Waals surface area (Å²) in [6, 6.07) is -0.191. The smallest absolute Gasteiger partial charge is 0.154 e. The van der Waals surface area contributed by atoms with Crippen LogP contribution in [0.3, 0.4) is 0 Å². The Kier molecular flexibility index (Phi) is 3.78. The van der Waals surface area contributed by atoms with Crippen LogP contribution in [0.15, 0.2) is 0 Å². The third kappa shape index (κ3) is 2.72. The summed E-state index contributed by atoms with van der Waals surface area (Å²) in [5, 5.41) is 13.9. The zero-order valence-electron chi connectivity index (χ0n) is 11.2. The van der Waals surface area contributed by atoms with E-state index in [0.29, 0.717) is 31.3 Å². The van der Waals surface area contributed by atoms with Crippen LogP contribution in [0.2, 0.25) is 0 Å².